The van der Waals surface area contributed by atoms with Crippen LogP contribution in [0.1, 0.15) is 32.1 Å². The molecule has 29 heavy (non-hydrogen) atoms. The summed E-state index contributed by atoms with van der Waals surface area (Å²) < 4.78 is 8.19. The Kier molecular flexibility index (Phi) is 4.63. The van der Waals surface area contributed by atoms with Gasteiger partial charge in [-0.2, -0.15) is 10.2 Å². The number of methoxy groups -OCH3 is 1. The van der Waals surface area contributed by atoms with Crippen molar-refractivity contribution in [1.82, 2.24) is 24.4 Å². The number of hydrogen-bond donors (Lipinski definition) is 1. The molecule has 0 atom stereocenters. The van der Waals surface area contributed by atoms with Gasteiger partial charge in [0.1, 0.15) is 4.83 Å². The van der Waals surface area contributed by atoms with Gasteiger partial charge >= 0.3 is 5.97 Å². The quantitative estimate of drug-likeness (QED) is 0.519. The van der Waals surface area contributed by atoms with Gasteiger partial charge in [-0.25, -0.2) is 9.31 Å². The fourth-order valence-corrected chi connectivity index (χ4v) is 4.01. The van der Waals surface area contributed by atoms with Gasteiger partial charge in [0.15, 0.2) is 0 Å². The van der Waals surface area contributed by atoms with Crippen LogP contribution in [0.3, 0.4) is 0 Å². The molecule has 4 aromatic heterocycles. The maximum absolute atomic E-state index is 12.9. The minimum atomic E-state index is -0.518. The third-order valence-electron chi connectivity index (χ3n) is 4.70. The first kappa shape index (κ1) is 18.8. The molecule has 0 spiro atoms. The fourth-order valence-electron chi connectivity index (χ4n) is 2.89. The number of aryl methyl sites for hydroxylation is 2. The number of fused-ring (bicyclic) bond motifs is 1. The van der Waals surface area contributed by atoms with Crippen molar-refractivity contribution in [3.63, 3.8) is 0 Å². The highest BCUT2D eigenvalue weighted by Crippen LogP contribution is 2.32. The summed E-state index contributed by atoms with van der Waals surface area (Å²) in [6, 6.07) is 1.55. The summed E-state index contributed by atoms with van der Waals surface area (Å²) in [4.78, 5) is 30.5. The summed E-state index contributed by atoms with van der Waals surface area (Å²) in [7, 11) is 3.18. The van der Waals surface area contributed by atoms with Gasteiger partial charge in [-0.3, -0.25) is 14.5 Å². The lowest BCUT2D eigenvalue weighted by atomic mass is 10.2. The van der Waals surface area contributed by atoms with E-state index in [0.717, 1.165) is 21.0 Å². The van der Waals surface area contributed by atoms with Crippen LogP contribution in [0.4, 0.5) is 5.69 Å². The van der Waals surface area contributed by atoms with Gasteiger partial charge in [0, 0.05) is 30.7 Å². The van der Waals surface area contributed by atoms with Crippen molar-refractivity contribution in [1.29, 1.82) is 0 Å². The van der Waals surface area contributed by atoms with Crippen LogP contribution in [-0.2, 0) is 11.8 Å². The number of pyridine rings is 1. The number of ether oxygens (including phenoxy) is 1. The molecule has 9 nitrogen and oxygen atoms in total. The van der Waals surface area contributed by atoms with Crippen molar-refractivity contribution >= 4 is 33.7 Å². The highest BCUT2D eigenvalue weighted by molar-refractivity contribution is 7.21. The Morgan fingerprint density at radius 1 is 1.17 bits per heavy atom. The standard InChI is InChI=1S/C19H18N6O3S/c1-10-15(5-12(6-20-10)19(27)28-4)23-17(26)14-8-22-25-9-16(29-18(14)25)13-7-21-24(3)11(13)2/h5-9H,1-4H3,(H,23,26). The second kappa shape index (κ2) is 7.13. The molecule has 0 aliphatic rings. The van der Waals surface area contributed by atoms with Crippen LogP contribution in [-0.4, -0.2) is 43.4 Å². The van der Waals surface area contributed by atoms with Crippen molar-refractivity contribution in [3.05, 3.63) is 53.4 Å². The maximum Gasteiger partial charge on any atom is 0.339 e. The van der Waals surface area contributed by atoms with E-state index in [2.05, 4.69) is 20.5 Å². The number of aromatic nitrogens is 5. The predicted octanol–water partition coefficient (Wildman–Crippen LogP) is 2.85. The zero-order valence-electron chi connectivity index (χ0n) is 16.3. The third kappa shape index (κ3) is 3.27. The minimum absolute atomic E-state index is 0.263. The normalized spacial score (nSPS) is 11.0. The smallest absolute Gasteiger partial charge is 0.339 e. The first-order valence-electron chi connectivity index (χ1n) is 8.71. The number of amides is 1. The van der Waals surface area contributed by atoms with E-state index in [9.17, 15) is 9.59 Å². The average molecular weight is 410 g/mol. The van der Waals surface area contributed by atoms with Crippen LogP contribution in [0, 0.1) is 13.8 Å². The zero-order valence-corrected chi connectivity index (χ0v) is 17.1. The van der Waals surface area contributed by atoms with E-state index in [1.807, 2.05) is 20.2 Å². The molecule has 0 unspecified atom stereocenters. The Morgan fingerprint density at radius 3 is 2.66 bits per heavy atom. The second-order valence-corrected chi connectivity index (χ2v) is 7.50. The lowest BCUT2D eigenvalue weighted by molar-refractivity contribution is 0.0600. The van der Waals surface area contributed by atoms with Crippen molar-refractivity contribution in [2.45, 2.75) is 13.8 Å². The average Bonchev–Trinajstić information content (AvgIpc) is 3.37. The summed E-state index contributed by atoms with van der Waals surface area (Å²) in [5.74, 6) is -0.848. The molecule has 10 heteroatoms. The molecule has 0 saturated carbocycles. The van der Waals surface area contributed by atoms with E-state index in [0.29, 0.717) is 16.9 Å². The fraction of sp³-hybridized carbons (Fsp3) is 0.211. The predicted molar refractivity (Wildman–Crippen MR) is 108 cm³/mol. The van der Waals surface area contributed by atoms with E-state index in [-0.39, 0.29) is 11.5 Å². The molecule has 148 valence electrons. The molecule has 0 saturated heterocycles. The van der Waals surface area contributed by atoms with Gasteiger partial charge in [-0.1, -0.05) is 0 Å². The third-order valence-corrected chi connectivity index (χ3v) is 5.84. The van der Waals surface area contributed by atoms with Crippen molar-refractivity contribution in [3.8, 4) is 10.4 Å². The summed E-state index contributed by atoms with van der Waals surface area (Å²) in [6.07, 6.45) is 6.61. The molecule has 4 heterocycles. The zero-order chi connectivity index (χ0) is 20.7. The molecular weight excluding hydrogens is 392 g/mol. The van der Waals surface area contributed by atoms with Crippen molar-refractivity contribution in [2.24, 2.45) is 7.05 Å². The summed E-state index contributed by atoms with van der Waals surface area (Å²) in [5, 5.41) is 11.4. The van der Waals surface area contributed by atoms with Crippen molar-refractivity contribution in [2.75, 3.05) is 12.4 Å². The van der Waals surface area contributed by atoms with Crippen molar-refractivity contribution < 1.29 is 14.3 Å². The van der Waals surface area contributed by atoms with Crippen LogP contribution >= 0.6 is 11.3 Å². The number of thiazole rings is 1. The van der Waals surface area contributed by atoms with E-state index in [1.54, 1.807) is 28.4 Å². The molecule has 4 aromatic rings. The van der Waals surface area contributed by atoms with E-state index in [1.165, 1.54) is 30.8 Å². The Balaban J connectivity index is 1.66. The SMILES string of the molecule is COC(=O)c1cnc(C)c(NC(=O)c2cnn3cc(-c4cnn(C)c4C)sc23)c1. The molecular formula is C19H18N6O3S. The molecule has 0 radical (unpaired) electrons. The van der Waals surface area contributed by atoms with Gasteiger partial charge in [0.2, 0.25) is 0 Å². The number of rotatable bonds is 4. The lowest BCUT2D eigenvalue weighted by Gasteiger charge is -2.08. The van der Waals surface area contributed by atoms with Gasteiger partial charge in [-0.05, 0) is 19.9 Å². The molecule has 1 N–H and O–H groups in total. The van der Waals surface area contributed by atoms with Crippen LogP contribution < -0.4 is 5.32 Å². The molecule has 4 rings (SSSR count). The van der Waals surface area contributed by atoms with E-state index >= 15 is 0 Å². The lowest BCUT2D eigenvalue weighted by Crippen LogP contribution is -2.14. The molecule has 1 amide bonds. The second-order valence-electron chi connectivity index (χ2n) is 6.47. The molecule has 0 bridgehead atoms. The number of anilines is 1. The minimum Gasteiger partial charge on any atom is -0.465 e. The Morgan fingerprint density at radius 2 is 1.97 bits per heavy atom. The number of carbonyl (C=O) groups excluding carboxylic acids is 2. The van der Waals surface area contributed by atoms with Gasteiger partial charge in [0.25, 0.3) is 5.91 Å². The Hall–Kier alpha value is -3.53. The van der Waals surface area contributed by atoms with E-state index in [4.69, 9.17) is 4.74 Å². The maximum atomic E-state index is 12.9. The highest BCUT2D eigenvalue weighted by Gasteiger charge is 2.19. The monoisotopic (exact) mass is 410 g/mol. The summed E-state index contributed by atoms with van der Waals surface area (Å²) in [6.45, 7) is 3.74. The highest BCUT2D eigenvalue weighted by atomic mass is 32.1. The Bertz CT molecular complexity index is 1250. The largest absolute Gasteiger partial charge is 0.465 e. The first-order valence-corrected chi connectivity index (χ1v) is 9.53. The molecule has 0 fully saturated rings. The number of nitrogens with zero attached hydrogens (tertiary/aromatic N) is 5. The Labute approximate surface area is 169 Å². The number of carbonyl (C=O) groups is 2. The van der Waals surface area contributed by atoms with Gasteiger partial charge < -0.3 is 10.1 Å². The summed E-state index contributed by atoms with van der Waals surface area (Å²) >= 11 is 1.46. The van der Waals surface area contributed by atoms with Gasteiger partial charge in [0.05, 0.1) is 46.9 Å². The summed E-state index contributed by atoms with van der Waals surface area (Å²) in [5.41, 5.74) is 3.76. The van der Waals surface area contributed by atoms with Gasteiger partial charge in [-0.15, -0.1) is 11.3 Å². The first-order chi connectivity index (χ1) is 13.9. The topological polar surface area (TPSA) is 103 Å². The number of esters is 1. The number of hydrogen-bond acceptors (Lipinski definition) is 7. The van der Waals surface area contributed by atoms with Crippen LogP contribution in [0.5, 0.6) is 0 Å². The van der Waals surface area contributed by atoms with Crippen LogP contribution in [0.2, 0.25) is 0 Å². The van der Waals surface area contributed by atoms with Crippen LogP contribution in [0.15, 0.2) is 30.9 Å². The molecule has 0 aliphatic carbocycles. The van der Waals surface area contributed by atoms with E-state index < -0.39 is 5.97 Å². The van der Waals surface area contributed by atoms with Crippen LogP contribution in [0.25, 0.3) is 15.3 Å². The molecule has 0 aliphatic heterocycles. The molecule has 0 aromatic carbocycles. The number of nitrogens with one attached hydrogen (secondary N) is 1.